The molecule has 13 heavy (non-hydrogen) atoms. The van der Waals surface area contributed by atoms with Crippen LogP contribution in [0.1, 0.15) is 20.8 Å². The van der Waals surface area contributed by atoms with Gasteiger partial charge in [-0.2, -0.15) is 0 Å². The molecule has 0 aromatic carbocycles. The van der Waals surface area contributed by atoms with E-state index in [1.807, 2.05) is 20.8 Å². The Morgan fingerprint density at radius 3 is 2.46 bits per heavy atom. The largest absolute Gasteiger partial charge is 0.444 e. The number of carbonyl (C=O) groups is 1. The molecule has 0 aromatic heterocycles. The van der Waals surface area contributed by atoms with Crippen molar-refractivity contribution in [2.75, 3.05) is 11.9 Å². The van der Waals surface area contributed by atoms with Crippen molar-refractivity contribution in [2.24, 2.45) is 0 Å². The van der Waals surface area contributed by atoms with Crippen LogP contribution in [0.3, 0.4) is 0 Å². The van der Waals surface area contributed by atoms with Crippen molar-refractivity contribution in [1.82, 2.24) is 5.32 Å². The van der Waals surface area contributed by atoms with Crippen LogP contribution in [-0.2, 0) is 4.74 Å². The molecule has 0 aromatic rings. The maximum atomic E-state index is 11.1. The molecule has 0 aliphatic heterocycles. The Morgan fingerprint density at radius 1 is 1.54 bits per heavy atom. The molecule has 0 rings (SSSR count). The molecule has 0 spiro atoms. The normalized spacial score (nSPS) is 10.8. The Morgan fingerprint density at radius 2 is 2.08 bits per heavy atom. The Labute approximate surface area is 87.7 Å². The van der Waals surface area contributed by atoms with Crippen LogP contribution in [0.2, 0.25) is 0 Å². The van der Waals surface area contributed by atoms with Gasteiger partial charge in [-0.3, -0.25) is 0 Å². The highest BCUT2D eigenvalue weighted by Gasteiger charge is 2.15. The second-order valence-corrected chi connectivity index (χ2v) is 4.30. The summed E-state index contributed by atoms with van der Waals surface area (Å²) >= 11 is 3.23. The molecule has 0 aliphatic rings. The third-order valence-electron chi connectivity index (χ3n) is 1.07. The number of ether oxygens (including phenoxy) is 1. The lowest BCUT2D eigenvalue weighted by atomic mass is 10.2. The van der Waals surface area contributed by atoms with E-state index in [4.69, 9.17) is 4.74 Å². The summed E-state index contributed by atoms with van der Waals surface area (Å²) in [6, 6.07) is 0. The van der Waals surface area contributed by atoms with Crippen molar-refractivity contribution in [2.45, 2.75) is 26.4 Å². The molecule has 1 N–H and O–H groups in total. The van der Waals surface area contributed by atoms with E-state index in [0.29, 0.717) is 11.9 Å². The summed E-state index contributed by atoms with van der Waals surface area (Å²) in [4.78, 5) is 11.1. The topological polar surface area (TPSA) is 38.3 Å². The summed E-state index contributed by atoms with van der Waals surface area (Å²) in [5, 5.41) is 3.28. The van der Waals surface area contributed by atoms with Gasteiger partial charge in [-0.1, -0.05) is 22.5 Å². The Balaban J connectivity index is 3.71. The maximum Gasteiger partial charge on any atom is 0.407 e. The third-order valence-corrected chi connectivity index (χ3v) is 1.86. The van der Waals surface area contributed by atoms with Crippen molar-refractivity contribution in [1.29, 1.82) is 0 Å². The Bertz CT molecular complexity index is 196. The average molecular weight is 250 g/mol. The first-order chi connectivity index (χ1) is 5.85. The summed E-state index contributed by atoms with van der Waals surface area (Å²) in [6.45, 7) is 9.64. The van der Waals surface area contributed by atoms with Crippen LogP contribution in [0, 0.1) is 0 Å². The molecule has 0 heterocycles. The minimum absolute atomic E-state index is 0.408. The lowest BCUT2D eigenvalue weighted by Crippen LogP contribution is -2.33. The first kappa shape index (κ1) is 12.5. The minimum Gasteiger partial charge on any atom is -0.444 e. The van der Waals surface area contributed by atoms with Crippen molar-refractivity contribution in [3.8, 4) is 0 Å². The highest BCUT2D eigenvalue weighted by molar-refractivity contribution is 9.09. The number of hydrogen-bond donors (Lipinski definition) is 1. The molecule has 0 radical (unpaired) electrons. The SMILES string of the molecule is C=C(CBr)CNC(=O)OC(C)(C)C. The Hall–Kier alpha value is -0.510. The molecule has 0 saturated carbocycles. The number of alkyl carbamates (subject to hydrolysis) is 1. The maximum absolute atomic E-state index is 11.1. The van der Waals surface area contributed by atoms with Gasteiger partial charge < -0.3 is 10.1 Å². The summed E-state index contributed by atoms with van der Waals surface area (Å²) in [5.41, 5.74) is 0.464. The van der Waals surface area contributed by atoms with Crippen LogP contribution in [0.25, 0.3) is 0 Å². The molecule has 0 bridgehead atoms. The summed E-state index contributed by atoms with van der Waals surface area (Å²) in [5.74, 6) is 0. The van der Waals surface area contributed by atoms with Gasteiger partial charge in [0.1, 0.15) is 5.60 Å². The van der Waals surface area contributed by atoms with Gasteiger partial charge in [0.25, 0.3) is 0 Å². The van der Waals surface area contributed by atoms with Crippen molar-refractivity contribution >= 4 is 22.0 Å². The van der Waals surface area contributed by atoms with E-state index >= 15 is 0 Å². The van der Waals surface area contributed by atoms with Crippen LogP contribution in [0.4, 0.5) is 4.79 Å². The fourth-order valence-electron chi connectivity index (χ4n) is 0.559. The van der Waals surface area contributed by atoms with E-state index in [0.717, 1.165) is 5.57 Å². The molecule has 0 saturated heterocycles. The number of amides is 1. The number of carbonyl (C=O) groups excluding carboxylic acids is 1. The molecule has 0 aliphatic carbocycles. The number of hydrogen-bond acceptors (Lipinski definition) is 2. The van der Waals surface area contributed by atoms with Gasteiger partial charge in [-0.25, -0.2) is 4.79 Å². The highest BCUT2D eigenvalue weighted by atomic mass is 79.9. The molecule has 76 valence electrons. The van der Waals surface area contributed by atoms with Gasteiger partial charge in [0, 0.05) is 11.9 Å². The molecule has 1 amide bonds. The van der Waals surface area contributed by atoms with Gasteiger partial charge in [0.05, 0.1) is 0 Å². The van der Waals surface area contributed by atoms with Gasteiger partial charge in [-0.15, -0.1) is 0 Å². The van der Waals surface area contributed by atoms with E-state index in [-0.39, 0.29) is 0 Å². The summed E-state index contributed by atoms with van der Waals surface area (Å²) < 4.78 is 5.03. The van der Waals surface area contributed by atoms with Gasteiger partial charge >= 0.3 is 6.09 Å². The average Bonchev–Trinajstić information content (AvgIpc) is 1.97. The number of alkyl halides is 1. The highest BCUT2D eigenvalue weighted by Crippen LogP contribution is 2.06. The molecular formula is C9H16BrNO2. The third kappa shape index (κ3) is 7.84. The van der Waals surface area contributed by atoms with E-state index in [1.165, 1.54) is 0 Å². The first-order valence-electron chi connectivity index (χ1n) is 4.04. The van der Waals surface area contributed by atoms with E-state index in [2.05, 4.69) is 27.8 Å². The van der Waals surface area contributed by atoms with Crippen molar-refractivity contribution in [3.63, 3.8) is 0 Å². The lowest BCUT2D eigenvalue weighted by molar-refractivity contribution is 0.0533. The van der Waals surface area contributed by atoms with Crippen LogP contribution in [0.5, 0.6) is 0 Å². The molecule has 0 fully saturated rings. The van der Waals surface area contributed by atoms with E-state index in [9.17, 15) is 4.79 Å². The van der Waals surface area contributed by atoms with Crippen LogP contribution in [-0.4, -0.2) is 23.6 Å². The van der Waals surface area contributed by atoms with Gasteiger partial charge in [-0.05, 0) is 26.3 Å². The predicted molar refractivity (Wildman–Crippen MR) is 57.2 cm³/mol. The van der Waals surface area contributed by atoms with E-state index in [1.54, 1.807) is 0 Å². The zero-order valence-corrected chi connectivity index (χ0v) is 9.90. The molecular weight excluding hydrogens is 234 g/mol. The zero-order valence-electron chi connectivity index (χ0n) is 8.32. The summed E-state index contributed by atoms with van der Waals surface area (Å²) in [7, 11) is 0. The molecule has 4 heteroatoms. The van der Waals surface area contributed by atoms with Crippen LogP contribution < -0.4 is 5.32 Å². The van der Waals surface area contributed by atoms with Gasteiger partial charge in [0.2, 0.25) is 0 Å². The molecule has 0 atom stereocenters. The summed E-state index contributed by atoms with van der Waals surface area (Å²) in [6.07, 6.45) is -0.408. The van der Waals surface area contributed by atoms with Crippen molar-refractivity contribution in [3.05, 3.63) is 12.2 Å². The van der Waals surface area contributed by atoms with Crippen LogP contribution >= 0.6 is 15.9 Å². The van der Waals surface area contributed by atoms with Crippen molar-refractivity contribution < 1.29 is 9.53 Å². The fraction of sp³-hybridized carbons (Fsp3) is 0.667. The lowest BCUT2D eigenvalue weighted by Gasteiger charge is -2.19. The Kier molecular flexibility index (Phi) is 5.06. The molecule has 3 nitrogen and oxygen atoms in total. The second-order valence-electron chi connectivity index (χ2n) is 3.74. The van der Waals surface area contributed by atoms with Gasteiger partial charge in [0.15, 0.2) is 0 Å². The monoisotopic (exact) mass is 249 g/mol. The van der Waals surface area contributed by atoms with Crippen LogP contribution in [0.15, 0.2) is 12.2 Å². The molecule has 0 unspecified atom stereocenters. The standard InChI is InChI=1S/C9H16BrNO2/c1-7(5-10)6-11-8(12)13-9(2,3)4/h1,5-6H2,2-4H3,(H,11,12). The van der Waals surface area contributed by atoms with E-state index < -0.39 is 11.7 Å². The number of halogens is 1. The zero-order chi connectivity index (χ0) is 10.5. The predicted octanol–water partition coefficient (Wildman–Crippen LogP) is 2.46. The smallest absolute Gasteiger partial charge is 0.407 e. The first-order valence-corrected chi connectivity index (χ1v) is 5.17. The quantitative estimate of drug-likeness (QED) is 0.617. The number of nitrogens with one attached hydrogen (secondary N) is 1. The second kappa shape index (κ2) is 5.27. The number of rotatable bonds is 3. The minimum atomic E-state index is -0.445. The fourth-order valence-corrected chi connectivity index (χ4v) is 0.757.